The molecule has 1 aromatic rings. The zero-order valence-corrected chi connectivity index (χ0v) is 13.3. The Morgan fingerprint density at radius 2 is 2.10 bits per heavy atom. The van der Waals surface area contributed by atoms with Crippen molar-refractivity contribution in [1.29, 1.82) is 0 Å². The van der Waals surface area contributed by atoms with Crippen molar-refractivity contribution in [2.75, 3.05) is 12.4 Å². The van der Waals surface area contributed by atoms with Crippen LogP contribution in [-0.2, 0) is 16.3 Å². The number of alkyl halides is 1. The minimum Gasteiger partial charge on any atom is -0.493 e. The number of ether oxygens (including phenoxy) is 1. The smallest absolute Gasteiger partial charge is 0.154 e. The summed E-state index contributed by atoms with van der Waals surface area (Å²) in [6.07, 6.45) is 3.03. The normalized spacial score (nSPS) is 25.8. The van der Waals surface area contributed by atoms with Gasteiger partial charge in [-0.3, -0.25) is 0 Å². The number of benzene rings is 1. The molecule has 0 amide bonds. The molecule has 1 fully saturated rings. The van der Waals surface area contributed by atoms with Crippen molar-refractivity contribution in [3.63, 3.8) is 0 Å². The second-order valence-corrected chi connectivity index (χ2v) is 8.63. The fourth-order valence-electron chi connectivity index (χ4n) is 3.01. The van der Waals surface area contributed by atoms with Crippen molar-refractivity contribution >= 4 is 33.0 Å². The maximum atomic E-state index is 12.2. The van der Waals surface area contributed by atoms with Crippen molar-refractivity contribution in [3.05, 3.63) is 28.3 Å². The molecule has 0 N–H and O–H groups in total. The second kappa shape index (κ2) is 5.39. The second-order valence-electron chi connectivity index (χ2n) is 5.38. The van der Waals surface area contributed by atoms with Crippen LogP contribution < -0.4 is 4.74 Å². The van der Waals surface area contributed by atoms with Crippen LogP contribution >= 0.6 is 23.2 Å². The van der Waals surface area contributed by atoms with E-state index in [4.69, 9.17) is 27.9 Å². The molecule has 2 aliphatic heterocycles. The van der Waals surface area contributed by atoms with E-state index in [1.54, 1.807) is 6.07 Å². The molecular weight excluding hydrogens is 319 g/mol. The predicted octanol–water partition coefficient (Wildman–Crippen LogP) is 3.52. The van der Waals surface area contributed by atoms with E-state index in [9.17, 15) is 8.42 Å². The fourth-order valence-corrected chi connectivity index (χ4v) is 5.96. The molecule has 0 spiro atoms. The van der Waals surface area contributed by atoms with E-state index >= 15 is 0 Å². The summed E-state index contributed by atoms with van der Waals surface area (Å²) in [6, 6.07) is 3.61. The topological polar surface area (TPSA) is 43.4 Å². The van der Waals surface area contributed by atoms with Gasteiger partial charge in [-0.1, -0.05) is 18.0 Å². The van der Waals surface area contributed by atoms with Crippen LogP contribution in [0.1, 0.15) is 35.8 Å². The summed E-state index contributed by atoms with van der Waals surface area (Å²) in [5.41, 5.74) is 1.74. The zero-order valence-electron chi connectivity index (χ0n) is 10.9. The third kappa shape index (κ3) is 2.53. The Balaban J connectivity index is 2.01. The number of fused-ring (bicyclic) bond motifs is 1. The van der Waals surface area contributed by atoms with Gasteiger partial charge in [-0.15, -0.1) is 11.6 Å². The van der Waals surface area contributed by atoms with E-state index in [1.807, 2.05) is 6.07 Å². The van der Waals surface area contributed by atoms with Crippen LogP contribution in [0.4, 0.5) is 0 Å². The molecule has 20 heavy (non-hydrogen) atoms. The number of hydrogen-bond acceptors (Lipinski definition) is 3. The summed E-state index contributed by atoms with van der Waals surface area (Å²) in [7, 11) is -3.13. The van der Waals surface area contributed by atoms with Gasteiger partial charge in [0.15, 0.2) is 9.84 Å². The molecule has 2 aliphatic rings. The lowest BCUT2D eigenvalue weighted by Gasteiger charge is -2.27. The molecule has 3 rings (SSSR count). The molecule has 0 bridgehead atoms. The van der Waals surface area contributed by atoms with E-state index in [1.165, 1.54) is 0 Å². The fraction of sp³-hybridized carbons (Fsp3) is 0.571. The minimum absolute atomic E-state index is 0.227. The summed E-state index contributed by atoms with van der Waals surface area (Å²) < 4.78 is 30.1. The standard InChI is InChI=1S/C14H16Cl2O3S/c15-10-7-9-4-5-19-14(9)11(8-10)13(16)12-3-1-2-6-20(12,17)18/h7-8,12-13H,1-6H2. The van der Waals surface area contributed by atoms with Gasteiger partial charge < -0.3 is 4.74 Å². The van der Waals surface area contributed by atoms with Gasteiger partial charge >= 0.3 is 0 Å². The van der Waals surface area contributed by atoms with Crippen molar-refractivity contribution in [1.82, 2.24) is 0 Å². The highest BCUT2D eigenvalue weighted by Crippen LogP contribution is 2.43. The Hall–Kier alpha value is -0.450. The van der Waals surface area contributed by atoms with Gasteiger partial charge in [0.25, 0.3) is 0 Å². The lowest BCUT2D eigenvalue weighted by molar-refractivity contribution is 0.352. The maximum absolute atomic E-state index is 12.2. The quantitative estimate of drug-likeness (QED) is 0.777. The van der Waals surface area contributed by atoms with Gasteiger partial charge in [-0.05, 0) is 30.5 Å². The van der Waals surface area contributed by atoms with E-state index in [2.05, 4.69) is 0 Å². The van der Waals surface area contributed by atoms with Gasteiger partial charge in [0.05, 0.1) is 23.0 Å². The number of sulfone groups is 1. The third-order valence-electron chi connectivity index (χ3n) is 4.03. The molecule has 1 saturated heterocycles. The molecule has 6 heteroatoms. The molecule has 110 valence electrons. The molecule has 2 atom stereocenters. The third-order valence-corrected chi connectivity index (χ3v) is 7.22. The van der Waals surface area contributed by atoms with Crippen molar-refractivity contribution in [2.24, 2.45) is 0 Å². The molecular formula is C14H16Cl2O3S. The number of hydrogen-bond donors (Lipinski definition) is 0. The Morgan fingerprint density at radius 3 is 2.85 bits per heavy atom. The molecule has 1 aromatic carbocycles. The predicted molar refractivity (Wildman–Crippen MR) is 80.7 cm³/mol. The summed E-state index contributed by atoms with van der Waals surface area (Å²) in [4.78, 5) is 0. The van der Waals surface area contributed by atoms with E-state index in [-0.39, 0.29) is 5.75 Å². The molecule has 0 radical (unpaired) electrons. The largest absolute Gasteiger partial charge is 0.493 e. The van der Waals surface area contributed by atoms with Crippen molar-refractivity contribution < 1.29 is 13.2 Å². The molecule has 3 nitrogen and oxygen atoms in total. The van der Waals surface area contributed by atoms with E-state index < -0.39 is 20.5 Å². The lowest BCUT2D eigenvalue weighted by Crippen LogP contribution is -2.32. The molecule has 0 saturated carbocycles. The molecule has 2 heterocycles. The first-order valence-electron chi connectivity index (χ1n) is 6.80. The van der Waals surface area contributed by atoms with Gasteiger partial charge in [0.1, 0.15) is 5.75 Å². The van der Waals surface area contributed by atoms with Gasteiger partial charge in [-0.2, -0.15) is 0 Å². The van der Waals surface area contributed by atoms with Crippen LogP contribution in [0.2, 0.25) is 5.02 Å². The first kappa shape index (κ1) is 14.5. The van der Waals surface area contributed by atoms with Gasteiger partial charge in [0.2, 0.25) is 0 Å². The van der Waals surface area contributed by atoms with Crippen molar-refractivity contribution in [3.8, 4) is 5.75 Å². The highest BCUT2D eigenvalue weighted by atomic mass is 35.5. The lowest BCUT2D eigenvalue weighted by atomic mass is 10.0. The Labute approximate surface area is 129 Å². The highest BCUT2D eigenvalue weighted by molar-refractivity contribution is 7.92. The van der Waals surface area contributed by atoms with Crippen LogP contribution in [0.5, 0.6) is 5.75 Å². The molecule has 0 aliphatic carbocycles. The monoisotopic (exact) mass is 334 g/mol. The highest BCUT2D eigenvalue weighted by Gasteiger charge is 2.37. The number of rotatable bonds is 2. The SMILES string of the molecule is O=S1(=O)CCCCC1C(Cl)c1cc(Cl)cc2c1OCC2. The van der Waals surface area contributed by atoms with Crippen LogP contribution in [0.15, 0.2) is 12.1 Å². The van der Waals surface area contributed by atoms with Gasteiger partial charge in [0, 0.05) is 17.0 Å². The van der Waals surface area contributed by atoms with Crippen molar-refractivity contribution in [2.45, 2.75) is 36.3 Å². The summed E-state index contributed by atoms with van der Waals surface area (Å²) >= 11 is 12.6. The molecule has 2 unspecified atom stereocenters. The summed E-state index contributed by atoms with van der Waals surface area (Å²) in [5, 5.41) is -0.543. The first-order chi connectivity index (χ1) is 9.49. The van der Waals surface area contributed by atoms with Gasteiger partial charge in [-0.25, -0.2) is 8.42 Å². The average Bonchev–Trinajstić information content (AvgIpc) is 2.84. The van der Waals surface area contributed by atoms with Crippen LogP contribution in [0, 0.1) is 0 Å². The van der Waals surface area contributed by atoms with Crippen LogP contribution in [0.25, 0.3) is 0 Å². The number of halogens is 2. The van der Waals surface area contributed by atoms with Crippen LogP contribution in [0.3, 0.4) is 0 Å². The minimum atomic E-state index is -3.13. The maximum Gasteiger partial charge on any atom is 0.154 e. The zero-order chi connectivity index (χ0) is 14.3. The van der Waals surface area contributed by atoms with E-state index in [0.29, 0.717) is 18.1 Å². The summed E-state index contributed by atoms with van der Waals surface area (Å²) in [5.74, 6) is 0.958. The summed E-state index contributed by atoms with van der Waals surface area (Å²) in [6.45, 7) is 0.601. The Morgan fingerprint density at radius 1 is 1.30 bits per heavy atom. The average molecular weight is 335 g/mol. The Kier molecular flexibility index (Phi) is 3.91. The molecule has 0 aromatic heterocycles. The first-order valence-corrected chi connectivity index (χ1v) is 9.33. The Bertz CT molecular complexity index is 628. The van der Waals surface area contributed by atoms with Crippen LogP contribution in [-0.4, -0.2) is 26.0 Å². The van der Waals surface area contributed by atoms with E-state index in [0.717, 1.165) is 36.1 Å².